The van der Waals surface area contributed by atoms with E-state index in [1.807, 2.05) is 13.8 Å². The Balaban J connectivity index is 2.50. The maximum absolute atomic E-state index is 12.5. The van der Waals surface area contributed by atoms with Crippen LogP contribution in [0.2, 0.25) is 0 Å². The monoisotopic (exact) mass is 370 g/mol. The van der Waals surface area contributed by atoms with Crippen LogP contribution in [0.3, 0.4) is 0 Å². The number of hydrogen-bond acceptors (Lipinski definition) is 4. The van der Waals surface area contributed by atoms with Gasteiger partial charge in [0.1, 0.15) is 11.6 Å². The molecular weight excluding hydrogens is 336 g/mol. The lowest BCUT2D eigenvalue weighted by Crippen LogP contribution is -2.49. The second-order valence-electron chi connectivity index (χ2n) is 8.63. The van der Waals surface area contributed by atoms with Crippen LogP contribution in [0.4, 0.5) is 4.79 Å². The van der Waals surface area contributed by atoms with Crippen molar-refractivity contribution in [3.8, 4) is 0 Å². The Morgan fingerprint density at radius 1 is 1.12 bits per heavy atom. The average molecular weight is 370 g/mol. The SMILES string of the molecule is CC(C)CC(NC(=O)OC(C)(C)C)C(=O)NCC1CCC(C(=O)O)CC1. The van der Waals surface area contributed by atoms with Crippen LogP contribution in [0.15, 0.2) is 0 Å². The third-order valence-electron chi connectivity index (χ3n) is 4.48. The Bertz CT molecular complexity index is 491. The Morgan fingerprint density at radius 3 is 2.15 bits per heavy atom. The molecule has 0 aromatic rings. The molecule has 1 aliphatic carbocycles. The van der Waals surface area contributed by atoms with Gasteiger partial charge in [-0.3, -0.25) is 9.59 Å². The van der Waals surface area contributed by atoms with Gasteiger partial charge in [0.15, 0.2) is 0 Å². The fourth-order valence-electron chi connectivity index (χ4n) is 3.13. The molecule has 150 valence electrons. The molecule has 7 nitrogen and oxygen atoms in total. The Hall–Kier alpha value is -1.79. The highest BCUT2D eigenvalue weighted by Gasteiger charge is 2.28. The van der Waals surface area contributed by atoms with Crippen molar-refractivity contribution in [3.63, 3.8) is 0 Å². The van der Waals surface area contributed by atoms with Gasteiger partial charge in [0.25, 0.3) is 0 Å². The number of hydrogen-bond donors (Lipinski definition) is 3. The average Bonchev–Trinajstić information content (AvgIpc) is 2.50. The lowest BCUT2D eigenvalue weighted by atomic mass is 9.82. The minimum Gasteiger partial charge on any atom is -0.481 e. The third-order valence-corrected chi connectivity index (χ3v) is 4.48. The van der Waals surface area contributed by atoms with Crippen molar-refractivity contribution in [2.45, 2.75) is 78.4 Å². The summed E-state index contributed by atoms with van der Waals surface area (Å²) in [6, 6.07) is -0.639. The Kier molecular flexibility index (Phi) is 8.37. The summed E-state index contributed by atoms with van der Waals surface area (Å²) in [6.45, 7) is 9.82. The summed E-state index contributed by atoms with van der Waals surface area (Å²) in [5, 5.41) is 14.6. The number of carboxylic acids is 1. The molecule has 0 aromatic carbocycles. The van der Waals surface area contributed by atoms with E-state index in [4.69, 9.17) is 9.84 Å². The standard InChI is InChI=1S/C19H34N2O5/c1-12(2)10-15(21-18(25)26-19(3,4)5)16(22)20-11-13-6-8-14(9-7-13)17(23)24/h12-15H,6-11H2,1-5H3,(H,20,22)(H,21,25)(H,23,24). The molecule has 1 saturated carbocycles. The van der Waals surface area contributed by atoms with Gasteiger partial charge < -0.3 is 20.5 Å². The molecule has 0 saturated heterocycles. The van der Waals surface area contributed by atoms with Gasteiger partial charge in [-0.05, 0) is 64.7 Å². The second kappa shape index (κ2) is 9.78. The molecule has 0 aliphatic heterocycles. The number of carbonyl (C=O) groups is 3. The summed E-state index contributed by atoms with van der Waals surface area (Å²) < 4.78 is 5.24. The van der Waals surface area contributed by atoms with Crippen molar-refractivity contribution in [2.24, 2.45) is 17.8 Å². The van der Waals surface area contributed by atoms with Crippen LogP contribution in [0.25, 0.3) is 0 Å². The number of alkyl carbamates (subject to hydrolysis) is 1. The fourth-order valence-corrected chi connectivity index (χ4v) is 3.13. The predicted octanol–water partition coefficient (Wildman–Crippen LogP) is 2.93. The molecule has 1 fully saturated rings. The first-order valence-electron chi connectivity index (χ1n) is 9.48. The van der Waals surface area contributed by atoms with Crippen molar-refractivity contribution < 1.29 is 24.2 Å². The molecule has 1 atom stereocenters. The molecule has 0 spiro atoms. The van der Waals surface area contributed by atoms with Crippen molar-refractivity contribution in [1.29, 1.82) is 0 Å². The van der Waals surface area contributed by atoms with E-state index >= 15 is 0 Å². The summed E-state index contributed by atoms with van der Waals surface area (Å²) in [7, 11) is 0. The second-order valence-corrected chi connectivity index (χ2v) is 8.63. The zero-order chi connectivity index (χ0) is 19.9. The van der Waals surface area contributed by atoms with E-state index in [-0.39, 0.29) is 23.7 Å². The summed E-state index contributed by atoms with van der Waals surface area (Å²) in [5.74, 6) is -0.678. The number of nitrogens with one attached hydrogen (secondary N) is 2. The number of rotatable bonds is 7. The Morgan fingerprint density at radius 2 is 1.69 bits per heavy atom. The van der Waals surface area contributed by atoms with Crippen LogP contribution in [-0.4, -0.2) is 41.3 Å². The maximum Gasteiger partial charge on any atom is 0.408 e. The van der Waals surface area contributed by atoms with Crippen LogP contribution in [0.1, 0.15) is 66.7 Å². The molecule has 0 radical (unpaired) electrons. The van der Waals surface area contributed by atoms with Crippen LogP contribution < -0.4 is 10.6 Å². The summed E-state index contributed by atoms with van der Waals surface area (Å²) in [5.41, 5.74) is -0.619. The zero-order valence-electron chi connectivity index (χ0n) is 16.6. The van der Waals surface area contributed by atoms with Gasteiger partial charge in [-0.15, -0.1) is 0 Å². The first-order chi connectivity index (χ1) is 12.0. The lowest BCUT2D eigenvalue weighted by molar-refractivity contribution is -0.143. The van der Waals surface area contributed by atoms with Gasteiger partial charge in [-0.2, -0.15) is 0 Å². The van der Waals surface area contributed by atoms with E-state index in [0.29, 0.717) is 25.8 Å². The largest absolute Gasteiger partial charge is 0.481 e. The molecule has 0 heterocycles. The number of carboxylic acid groups (broad SMARTS) is 1. The van der Waals surface area contributed by atoms with Crippen molar-refractivity contribution in [3.05, 3.63) is 0 Å². The van der Waals surface area contributed by atoms with Crippen LogP contribution >= 0.6 is 0 Å². The van der Waals surface area contributed by atoms with Gasteiger partial charge in [-0.25, -0.2) is 4.79 Å². The third kappa shape index (κ3) is 8.54. The van der Waals surface area contributed by atoms with E-state index in [0.717, 1.165) is 12.8 Å². The van der Waals surface area contributed by atoms with E-state index < -0.39 is 23.7 Å². The van der Waals surface area contributed by atoms with Crippen molar-refractivity contribution >= 4 is 18.0 Å². The van der Waals surface area contributed by atoms with Crippen LogP contribution in [0.5, 0.6) is 0 Å². The zero-order valence-corrected chi connectivity index (χ0v) is 16.6. The summed E-state index contributed by atoms with van der Waals surface area (Å²) >= 11 is 0. The minimum absolute atomic E-state index is 0.218. The number of aliphatic carboxylic acids is 1. The fraction of sp³-hybridized carbons (Fsp3) is 0.842. The smallest absolute Gasteiger partial charge is 0.408 e. The van der Waals surface area contributed by atoms with Gasteiger partial charge in [0.05, 0.1) is 5.92 Å². The molecule has 2 amide bonds. The first kappa shape index (κ1) is 22.3. The Labute approximate surface area is 156 Å². The molecule has 26 heavy (non-hydrogen) atoms. The normalized spacial score (nSPS) is 21.8. The summed E-state index contributed by atoms with van der Waals surface area (Å²) in [4.78, 5) is 35.5. The van der Waals surface area contributed by atoms with Crippen molar-refractivity contribution in [1.82, 2.24) is 10.6 Å². The quantitative estimate of drug-likeness (QED) is 0.639. The number of amides is 2. The highest BCUT2D eigenvalue weighted by molar-refractivity contribution is 5.85. The van der Waals surface area contributed by atoms with Gasteiger partial charge in [-0.1, -0.05) is 13.8 Å². The molecule has 0 aromatic heterocycles. The number of carbonyl (C=O) groups excluding carboxylic acids is 2. The highest BCUT2D eigenvalue weighted by Crippen LogP contribution is 2.28. The molecule has 0 bridgehead atoms. The lowest BCUT2D eigenvalue weighted by Gasteiger charge is -2.28. The van der Waals surface area contributed by atoms with E-state index in [1.165, 1.54) is 0 Å². The van der Waals surface area contributed by atoms with Gasteiger partial charge in [0.2, 0.25) is 5.91 Å². The van der Waals surface area contributed by atoms with Gasteiger partial charge in [0, 0.05) is 6.54 Å². The topological polar surface area (TPSA) is 105 Å². The summed E-state index contributed by atoms with van der Waals surface area (Å²) in [6.07, 6.45) is 2.83. The molecular formula is C19H34N2O5. The molecule has 1 unspecified atom stereocenters. The van der Waals surface area contributed by atoms with E-state index in [9.17, 15) is 14.4 Å². The molecule has 7 heteroatoms. The minimum atomic E-state index is -0.731. The van der Waals surface area contributed by atoms with Gasteiger partial charge >= 0.3 is 12.1 Å². The molecule has 1 aliphatic rings. The molecule has 1 rings (SSSR count). The van der Waals surface area contributed by atoms with Crippen LogP contribution in [0, 0.1) is 17.8 Å². The predicted molar refractivity (Wildman–Crippen MR) is 98.7 cm³/mol. The van der Waals surface area contributed by atoms with E-state index in [2.05, 4.69) is 10.6 Å². The van der Waals surface area contributed by atoms with Crippen LogP contribution in [-0.2, 0) is 14.3 Å². The first-order valence-corrected chi connectivity index (χ1v) is 9.48. The van der Waals surface area contributed by atoms with E-state index in [1.54, 1.807) is 20.8 Å². The van der Waals surface area contributed by atoms with Crippen molar-refractivity contribution in [2.75, 3.05) is 6.54 Å². The maximum atomic E-state index is 12.5. The highest BCUT2D eigenvalue weighted by atomic mass is 16.6. The number of ether oxygens (including phenoxy) is 1. The molecule has 3 N–H and O–H groups in total.